The number of thiol groups is 1. The Labute approximate surface area is 409 Å². The Kier molecular flexibility index (Phi) is 25.1. The lowest BCUT2D eigenvalue weighted by Gasteiger charge is -2.28. The van der Waals surface area contributed by atoms with Crippen LogP contribution in [0.4, 0.5) is 0 Å². The Morgan fingerprint density at radius 1 is 0.643 bits per heavy atom. The fourth-order valence-electron chi connectivity index (χ4n) is 6.63. The Morgan fingerprint density at radius 3 is 1.67 bits per heavy atom. The number of carbonyl (C=O) groups is 11. The molecule has 0 aliphatic heterocycles. The summed E-state index contributed by atoms with van der Waals surface area (Å²) in [7, 11) is 0. The first-order valence-electron chi connectivity index (χ1n) is 22.4. The van der Waals surface area contributed by atoms with Crippen LogP contribution in [0.15, 0.2) is 42.9 Å². The van der Waals surface area contributed by atoms with Crippen LogP contribution in [0.1, 0.15) is 78.0 Å². The van der Waals surface area contributed by atoms with E-state index in [4.69, 9.17) is 11.5 Å². The topological polar surface area (TPSA) is 405 Å². The molecule has 1 aromatic carbocycles. The van der Waals surface area contributed by atoms with E-state index < -0.39 is 139 Å². The second-order valence-electron chi connectivity index (χ2n) is 17.3. The number of nitrogens with one attached hydrogen (secondary N) is 9. The van der Waals surface area contributed by atoms with Gasteiger partial charge in [0.25, 0.3) is 0 Å². The molecule has 26 heteroatoms. The highest BCUT2D eigenvalue weighted by atomic mass is 32.1. The smallest absolute Gasteiger partial charge is 0.326 e. The molecular weight excluding hydrogens is 937 g/mol. The maximum atomic E-state index is 14.2. The number of rotatable bonds is 31. The largest absolute Gasteiger partial charge is 0.481 e. The molecule has 9 amide bonds. The predicted octanol–water partition coefficient (Wildman–Crippen LogP) is -3.10. The summed E-state index contributed by atoms with van der Waals surface area (Å²) in [5.41, 5.74) is 12.0. The van der Waals surface area contributed by atoms with E-state index in [1.165, 1.54) is 19.4 Å². The third kappa shape index (κ3) is 21.9. The first-order valence-corrected chi connectivity index (χ1v) is 23.0. The molecule has 0 bridgehead atoms. The quantitative estimate of drug-likeness (QED) is 0.0333. The first-order chi connectivity index (χ1) is 32.9. The van der Waals surface area contributed by atoms with Crippen molar-refractivity contribution in [1.82, 2.24) is 52.5 Å². The number of H-pyrrole nitrogens is 1. The number of primary amides is 1. The van der Waals surface area contributed by atoms with Gasteiger partial charge < -0.3 is 69.2 Å². The van der Waals surface area contributed by atoms with Gasteiger partial charge in [-0.05, 0) is 43.6 Å². The van der Waals surface area contributed by atoms with Crippen molar-refractivity contribution < 1.29 is 63.0 Å². The van der Waals surface area contributed by atoms with Crippen molar-refractivity contribution in [3.8, 4) is 0 Å². The van der Waals surface area contributed by atoms with Crippen LogP contribution in [0.3, 0.4) is 0 Å². The second-order valence-corrected chi connectivity index (χ2v) is 17.7. The molecule has 0 aliphatic carbocycles. The van der Waals surface area contributed by atoms with Gasteiger partial charge in [0, 0.05) is 36.9 Å². The van der Waals surface area contributed by atoms with Crippen molar-refractivity contribution in [2.75, 3.05) is 12.3 Å². The molecule has 1 heterocycles. The zero-order valence-electron chi connectivity index (χ0n) is 39.6. The molecule has 0 spiro atoms. The highest BCUT2D eigenvalue weighted by Crippen LogP contribution is 2.11. The highest BCUT2D eigenvalue weighted by Gasteiger charge is 2.35. The highest BCUT2D eigenvalue weighted by molar-refractivity contribution is 7.80. The molecule has 0 aliphatic rings. The number of aromatic nitrogens is 2. The molecule has 386 valence electrons. The molecule has 70 heavy (non-hydrogen) atoms. The fourth-order valence-corrected chi connectivity index (χ4v) is 6.79. The van der Waals surface area contributed by atoms with Crippen molar-refractivity contribution in [3.05, 3.63) is 54.1 Å². The van der Waals surface area contributed by atoms with E-state index in [-0.39, 0.29) is 43.3 Å². The molecule has 1 aromatic heterocycles. The van der Waals surface area contributed by atoms with E-state index in [9.17, 15) is 63.0 Å². The zero-order valence-corrected chi connectivity index (χ0v) is 40.5. The Balaban J connectivity index is 2.38. The van der Waals surface area contributed by atoms with Crippen LogP contribution in [-0.4, -0.2) is 146 Å². The van der Waals surface area contributed by atoms with Crippen LogP contribution in [0.2, 0.25) is 0 Å². The summed E-state index contributed by atoms with van der Waals surface area (Å²) >= 11 is 3.91. The number of nitrogens with two attached hydrogens (primary N) is 2. The van der Waals surface area contributed by atoms with Gasteiger partial charge in [0.05, 0.1) is 25.3 Å². The summed E-state index contributed by atoms with van der Waals surface area (Å²) in [6.07, 6.45) is 0.401. The van der Waals surface area contributed by atoms with Crippen LogP contribution in [-0.2, 0) is 65.6 Å². The van der Waals surface area contributed by atoms with Gasteiger partial charge in [0.1, 0.15) is 42.3 Å². The third-order valence-corrected chi connectivity index (χ3v) is 10.6. The average molecular weight is 1000 g/mol. The number of amides is 9. The number of imidazole rings is 1. The summed E-state index contributed by atoms with van der Waals surface area (Å²) in [5.74, 6) is -11.4. The summed E-state index contributed by atoms with van der Waals surface area (Å²) < 4.78 is 0. The Morgan fingerprint density at radius 2 is 1.14 bits per heavy atom. The van der Waals surface area contributed by atoms with Crippen molar-refractivity contribution in [2.45, 2.75) is 128 Å². The van der Waals surface area contributed by atoms with Gasteiger partial charge in [-0.15, -0.1) is 0 Å². The molecule has 2 aromatic rings. The van der Waals surface area contributed by atoms with E-state index in [1.54, 1.807) is 58.0 Å². The molecule has 25 nitrogen and oxygen atoms in total. The van der Waals surface area contributed by atoms with Crippen LogP contribution in [0.25, 0.3) is 0 Å². The van der Waals surface area contributed by atoms with Gasteiger partial charge in [-0.3, -0.25) is 47.9 Å². The Hall–Kier alpha value is -7.09. The number of aromatic amines is 1. The monoisotopic (exact) mass is 1000 g/mol. The average Bonchev–Trinajstić information content (AvgIpc) is 3.80. The molecule has 0 saturated carbocycles. The maximum absolute atomic E-state index is 14.2. The van der Waals surface area contributed by atoms with Gasteiger partial charge in [0.2, 0.25) is 53.2 Å². The molecular formula is C44H66N12O13S. The van der Waals surface area contributed by atoms with Crippen molar-refractivity contribution in [1.29, 1.82) is 0 Å². The molecule has 0 unspecified atom stereocenters. The molecule has 0 radical (unpaired) electrons. The molecule has 0 fully saturated rings. The number of aliphatic carboxylic acids is 2. The number of benzene rings is 1. The van der Waals surface area contributed by atoms with E-state index in [0.29, 0.717) is 11.3 Å². The number of hydrogen-bond acceptors (Lipinski definition) is 14. The Bertz CT molecular complexity index is 2130. The lowest BCUT2D eigenvalue weighted by molar-refractivity contribution is -0.143. The number of nitrogens with zero attached hydrogens (tertiary/aromatic N) is 1. The fraction of sp³-hybridized carbons (Fsp3) is 0.545. The standard InChI is InChI=1S/C44H66N12O13S/c1-22(2)13-29(52-39(63)28(11-12-36(59)60)51-37(61)24(5)50-35(58)19-48-38(62)27(45)20-70)40(64)55-32(17-34(46)57)43(67)54-31(16-26-18-47-21-49-26)42(66)53-30(15-25-9-7-6-8-10-25)41(65)56-33(44(68)69)14-23(3)4/h6-10,18,21-24,27-33,70H,11-17,19-20,45H2,1-5H3,(H2,46,57)(H,47,49)(H,48,62)(H,50,58)(H,51,61)(H,52,63)(H,53,66)(H,54,67)(H,55,64)(H,56,65)(H,59,60)(H,68,69)/t24-,27-,28-,29-,30-,31-,32-,33-/m0/s1. The minimum atomic E-state index is -1.77. The van der Waals surface area contributed by atoms with Gasteiger partial charge in [-0.1, -0.05) is 58.0 Å². The van der Waals surface area contributed by atoms with Gasteiger partial charge >= 0.3 is 11.9 Å². The van der Waals surface area contributed by atoms with E-state index in [2.05, 4.69) is 65.1 Å². The molecule has 2 rings (SSSR count). The maximum Gasteiger partial charge on any atom is 0.326 e. The van der Waals surface area contributed by atoms with Crippen LogP contribution in [0, 0.1) is 11.8 Å². The number of carbonyl (C=O) groups excluding carboxylic acids is 9. The van der Waals surface area contributed by atoms with E-state index >= 15 is 0 Å². The molecule has 8 atom stereocenters. The molecule has 0 saturated heterocycles. The van der Waals surface area contributed by atoms with Crippen LogP contribution >= 0.6 is 12.6 Å². The number of carboxylic acid groups (broad SMARTS) is 2. The van der Waals surface area contributed by atoms with Gasteiger partial charge in [-0.25, -0.2) is 9.78 Å². The third-order valence-electron chi connectivity index (χ3n) is 10.2. The normalized spacial score (nSPS) is 14.5. The predicted molar refractivity (Wildman–Crippen MR) is 254 cm³/mol. The summed E-state index contributed by atoms with van der Waals surface area (Å²) in [5, 5.41) is 38.6. The second kappa shape index (κ2) is 29.7. The van der Waals surface area contributed by atoms with E-state index in [1.807, 2.05) is 0 Å². The minimum Gasteiger partial charge on any atom is -0.481 e. The lowest BCUT2D eigenvalue weighted by Crippen LogP contribution is -2.61. The SMILES string of the molecule is CC(C)C[C@H](NC(=O)[C@H](Cc1ccccc1)NC(=O)[C@H](Cc1cnc[nH]1)NC(=O)[C@H](CC(N)=O)NC(=O)[C@H](CC(C)C)NC(=O)[C@H](CCC(=O)O)NC(=O)[C@H](C)NC(=O)CNC(=O)[C@@H](N)CS)C(=O)O. The van der Waals surface area contributed by atoms with Crippen molar-refractivity contribution in [3.63, 3.8) is 0 Å². The number of carboxylic acids is 2. The lowest BCUT2D eigenvalue weighted by atomic mass is 10.0. The summed E-state index contributed by atoms with van der Waals surface area (Å²) in [6.45, 7) is 7.64. The van der Waals surface area contributed by atoms with Crippen LogP contribution < -0.4 is 54.0 Å². The minimum absolute atomic E-state index is 0.00274. The van der Waals surface area contributed by atoms with Gasteiger partial charge in [0.15, 0.2) is 0 Å². The first kappa shape index (κ1) is 59.0. The zero-order chi connectivity index (χ0) is 52.7. The van der Waals surface area contributed by atoms with Crippen molar-refractivity contribution >= 4 is 77.7 Å². The van der Waals surface area contributed by atoms with E-state index in [0.717, 1.165) is 0 Å². The van der Waals surface area contributed by atoms with Gasteiger partial charge in [-0.2, -0.15) is 12.6 Å². The molecule has 15 N–H and O–H groups in total. The van der Waals surface area contributed by atoms with Crippen molar-refractivity contribution in [2.24, 2.45) is 23.3 Å². The van der Waals surface area contributed by atoms with Crippen LogP contribution in [0.5, 0.6) is 0 Å². The number of hydrogen-bond donors (Lipinski definition) is 14. The summed E-state index contributed by atoms with van der Waals surface area (Å²) in [6, 6.07) is -2.79. The summed E-state index contributed by atoms with van der Waals surface area (Å²) in [4.78, 5) is 150.